The van der Waals surface area contributed by atoms with Gasteiger partial charge in [0.25, 0.3) is 0 Å². The molecule has 1 saturated heterocycles. The Kier molecular flexibility index (Phi) is 7.35. The van der Waals surface area contributed by atoms with Gasteiger partial charge < -0.3 is 4.98 Å². The summed E-state index contributed by atoms with van der Waals surface area (Å²) >= 11 is 0. The van der Waals surface area contributed by atoms with Crippen LogP contribution in [0.1, 0.15) is 54.0 Å². The highest BCUT2D eigenvalue weighted by Gasteiger charge is 2.33. The van der Waals surface area contributed by atoms with Crippen LogP contribution >= 0.6 is 0 Å². The molecule has 0 bridgehead atoms. The van der Waals surface area contributed by atoms with Gasteiger partial charge >= 0.3 is 0 Å². The van der Waals surface area contributed by atoms with Crippen LogP contribution < -0.4 is 0 Å². The van der Waals surface area contributed by atoms with Gasteiger partial charge in [0.15, 0.2) is 0 Å². The van der Waals surface area contributed by atoms with E-state index in [1.165, 1.54) is 28.1 Å². The Labute approximate surface area is 216 Å². The number of benzene rings is 3. The van der Waals surface area contributed by atoms with E-state index in [9.17, 15) is 0 Å². The number of nitrogens with one attached hydrogen (secondary N) is 1. The number of hydrogen-bond donors (Lipinski definition) is 1. The number of hydrogen-bond acceptors (Lipinski definition) is 3. The van der Waals surface area contributed by atoms with E-state index in [-0.39, 0.29) is 6.04 Å². The molecule has 0 amide bonds. The Balaban J connectivity index is 1.37. The van der Waals surface area contributed by atoms with Gasteiger partial charge in [-0.25, -0.2) is 4.98 Å². The fraction of sp³-hybridized carbons (Fsp3) is 0.344. The highest BCUT2D eigenvalue weighted by Crippen LogP contribution is 2.35. The largest absolute Gasteiger partial charge is 0.342 e. The van der Waals surface area contributed by atoms with Crippen molar-refractivity contribution in [2.24, 2.45) is 5.92 Å². The third-order valence-electron chi connectivity index (χ3n) is 7.46. The van der Waals surface area contributed by atoms with E-state index in [1.807, 2.05) is 0 Å². The number of aryl methyl sites for hydroxylation is 2. The van der Waals surface area contributed by atoms with Crippen LogP contribution in [0, 0.1) is 19.8 Å². The highest BCUT2D eigenvalue weighted by molar-refractivity contribution is 5.57. The van der Waals surface area contributed by atoms with Gasteiger partial charge in [0, 0.05) is 37.4 Å². The Bertz CT molecular complexity index is 1210. The Hall–Kier alpha value is -3.21. The number of aromatic amines is 1. The first-order valence-corrected chi connectivity index (χ1v) is 13.2. The Morgan fingerprint density at radius 1 is 0.722 bits per heavy atom. The third-order valence-corrected chi connectivity index (χ3v) is 7.46. The first-order chi connectivity index (χ1) is 17.5. The molecule has 1 aliphatic heterocycles. The molecule has 1 aliphatic rings. The molecule has 2 heterocycles. The van der Waals surface area contributed by atoms with Crippen LogP contribution in [0.15, 0.2) is 84.9 Å². The lowest BCUT2D eigenvalue weighted by molar-refractivity contribution is 0.0599. The molecule has 5 rings (SSSR count). The number of rotatable bonds is 7. The maximum absolute atomic E-state index is 5.16. The van der Waals surface area contributed by atoms with Crippen molar-refractivity contribution in [1.82, 2.24) is 19.8 Å². The molecule has 36 heavy (non-hydrogen) atoms. The van der Waals surface area contributed by atoms with Gasteiger partial charge in [-0.2, -0.15) is 0 Å². The maximum Gasteiger partial charge on any atom is 0.137 e. The van der Waals surface area contributed by atoms with Gasteiger partial charge in [0.1, 0.15) is 5.82 Å². The molecule has 0 aliphatic carbocycles. The van der Waals surface area contributed by atoms with E-state index < -0.39 is 0 Å². The lowest BCUT2D eigenvalue weighted by Gasteiger charge is -2.43. The van der Waals surface area contributed by atoms with E-state index in [0.29, 0.717) is 12.0 Å². The van der Waals surface area contributed by atoms with E-state index >= 15 is 0 Å². The number of nitrogens with zero attached hydrogens (tertiary/aromatic N) is 3. The summed E-state index contributed by atoms with van der Waals surface area (Å²) in [4.78, 5) is 14.0. The molecule has 4 heteroatoms. The SMILES string of the molecule is Cc1cccc(-c2nc(C(C(C)C)N3CCN(C(c4ccccc4)c4ccccc4)CC3)c(C)[nH]2)c1. The summed E-state index contributed by atoms with van der Waals surface area (Å²) in [7, 11) is 0. The van der Waals surface area contributed by atoms with Crippen LogP contribution in [0.2, 0.25) is 0 Å². The lowest BCUT2D eigenvalue weighted by atomic mass is 9.94. The minimum atomic E-state index is 0.284. The van der Waals surface area contributed by atoms with Crippen LogP contribution in [-0.4, -0.2) is 45.9 Å². The smallest absolute Gasteiger partial charge is 0.137 e. The second kappa shape index (κ2) is 10.8. The standard InChI is InChI=1S/C32H38N4/c1-23(2)30(29-25(4)33-32(34-29)28-17-11-12-24(3)22-28)35-18-20-36(21-19-35)31(26-13-7-5-8-14-26)27-15-9-6-10-16-27/h5-17,22-23,30-31H,18-21H2,1-4H3,(H,33,34). The van der Waals surface area contributed by atoms with Crippen LogP contribution in [0.25, 0.3) is 11.4 Å². The average Bonchev–Trinajstić information content (AvgIpc) is 3.27. The second-order valence-electron chi connectivity index (χ2n) is 10.4. The van der Waals surface area contributed by atoms with E-state index in [0.717, 1.165) is 37.6 Å². The molecule has 1 unspecified atom stereocenters. The quantitative estimate of drug-likeness (QED) is 0.317. The van der Waals surface area contributed by atoms with Crippen molar-refractivity contribution in [2.45, 2.75) is 39.8 Å². The first-order valence-electron chi connectivity index (χ1n) is 13.2. The molecule has 0 saturated carbocycles. The van der Waals surface area contributed by atoms with Gasteiger partial charge in [-0.15, -0.1) is 0 Å². The molecule has 1 fully saturated rings. The van der Waals surface area contributed by atoms with Gasteiger partial charge in [-0.05, 0) is 37.0 Å². The summed E-state index contributed by atoms with van der Waals surface area (Å²) in [6, 6.07) is 31.1. The second-order valence-corrected chi connectivity index (χ2v) is 10.4. The molecule has 0 radical (unpaired) electrons. The van der Waals surface area contributed by atoms with Gasteiger partial charge in [-0.3, -0.25) is 9.80 Å². The normalized spacial score (nSPS) is 16.1. The molecule has 4 nitrogen and oxygen atoms in total. The minimum absolute atomic E-state index is 0.284. The van der Waals surface area contributed by atoms with Crippen molar-refractivity contribution < 1.29 is 0 Å². The summed E-state index contributed by atoms with van der Waals surface area (Å²) in [5.74, 6) is 1.45. The number of H-pyrrole nitrogens is 1. The predicted molar refractivity (Wildman–Crippen MR) is 149 cm³/mol. The Morgan fingerprint density at radius 2 is 1.31 bits per heavy atom. The fourth-order valence-electron chi connectivity index (χ4n) is 5.76. The topological polar surface area (TPSA) is 35.2 Å². The van der Waals surface area contributed by atoms with E-state index in [4.69, 9.17) is 4.98 Å². The first kappa shape index (κ1) is 24.5. The highest BCUT2D eigenvalue weighted by atomic mass is 15.3. The summed E-state index contributed by atoms with van der Waals surface area (Å²) in [5, 5.41) is 0. The molecule has 1 aromatic heterocycles. The maximum atomic E-state index is 5.16. The van der Waals surface area contributed by atoms with Crippen LogP contribution in [0.3, 0.4) is 0 Å². The van der Waals surface area contributed by atoms with E-state index in [1.54, 1.807) is 0 Å². The van der Waals surface area contributed by atoms with Gasteiger partial charge in [0.2, 0.25) is 0 Å². The molecular formula is C32H38N4. The van der Waals surface area contributed by atoms with Crippen molar-refractivity contribution >= 4 is 0 Å². The van der Waals surface area contributed by atoms with Crippen molar-refractivity contribution in [2.75, 3.05) is 26.2 Å². The molecule has 3 aromatic carbocycles. The molecule has 4 aromatic rings. The van der Waals surface area contributed by atoms with Crippen molar-refractivity contribution in [3.8, 4) is 11.4 Å². The Morgan fingerprint density at radius 3 is 1.86 bits per heavy atom. The van der Waals surface area contributed by atoms with Gasteiger partial charge in [-0.1, -0.05) is 98.3 Å². The number of piperazine rings is 1. The summed E-state index contributed by atoms with van der Waals surface area (Å²) in [5.41, 5.74) is 7.51. The summed E-state index contributed by atoms with van der Waals surface area (Å²) < 4.78 is 0. The minimum Gasteiger partial charge on any atom is -0.342 e. The van der Waals surface area contributed by atoms with Crippen LogP contribution in [-0.2, 0) is 0 Å². The summed E-state index contributed by atoms with van der Waals surface area (Å²) in [6.45, 7) is 13.1. The van der Waals surface area contributed by atoms with Crippen LogP contribution in [0.4, 0.5) is 0 Å². The van der Waals surface area contributed by atoms with Crippen LogP contribution in [0.5, 0.6) is 0 Å². The predicted octanol–water partition coefficient (Wildman–Crippen LogP) is 6.80. The van der Waals surface area contributed by atoms with Crippen molar-refractivity contribution in [1.29, 1.82) is 0 Å². The zero-order valence-electron chi connectivity index (χ0n) is 22.0. The molecule has 1 atom stereocenters. The molecular weight excluding hydrogens is 440 g/mol. The molecule has 0 spiro atoms. The van der Waals surface area contributed by atoms with E-state index in [2.05, 4.69) is 127 Å². The van der Waals surface area contributed by atoms with Crippen molar-refractivity contribution in [3.05, 3.63) is 113 Å². The lowest BCUT2D eigenvalue weighted by Crippen LogP contribution is -2.50. The van der Waals surface area contributed by atoms with Crippen molar-refractivity contribution in [3.63, 3.8) is 0 Å². The third kappa shape index (κ3) is 5.16. The number of aromatic nitrogens is 2. The fourth-order valence-corrected chi connectivity index (χ4v) is 5.76. The average molecular weight is 479 g/mol. The molecule has 186 valence electrons. The number of imidazole rings is 1. The monoisotopic (exact) mass is 478 g/mol. The zero-order valence-corrected chi connectivity index (χ0v) is 22.0. The van der Waals surface area contributed by atoms with Gasteiger partial charge in [0.05, 0.1) is 17.8 Å². The summed E-state index contributed by atoms with van der Waals surface area (Å²) in [6.07, 6.45) is 0. The molecule has 1 N–H and O–H groups in total. The zero-order chi connectivity index (χ0) is 25.1.